The summed E-state index contributed by atoms with van der Waals surface area (Å²) in [7, 11) is -3.95. The van der Waals surface area contributed by atoms with Gasteiger partial charge in [0.15, 0.2) is 0 Å². The first-order chi connectivity index (χ1) is 32.0. The van der Waals surface area contributed by atoms with Gasteiger partial charge in [-0.25, -0.2) is 17.9 Å². The summed E-state index contributed by atoms with van der Waals surface area (Å²) >= 11 is 0. The van der Waals surface area contributed by atoms with Gasteiger partial charge in [-0.2, -0.15) is 5.10 Å². The second-order valence-corrected chi connectivity index (χ2v) is 20.6. The Balaban J connectivity index is 1.05. The van der Waals surface area contributed by atoms with E-state index in [-0.39, 0.29) is 31.9 Å². The van der Waals surface area contributed by atoms with E-state index in [9.17, 15) is 22.8 Å². The third-order valence-corrected chi connectivity index (χ3v) is 16.0. The molecule has 3 aliphatic carbocycles. The van der Waals surface area contributed by atoms with Crippen molar-refractivity contribution >= 4 is 55.4 Å². The van der Waals surface area contributed by atoms with Crippen molar-refractivity contribution in [3.8, 4) is 22.3 Å². The van der Waals surface area contributed by atoms with E-state index in [0.29, 0.717) is 42.4 Å². The standard InChI is InChI=1S/C51H54N6O8S/c58-46-44-28-35(57-48(60)45(41-24-13-17-33-15-7-11-22-39(33)41)42(30-52-57)40-23-12-16-32-14-6-10-21-38(32)40)31-56(44)47(59)43(53-50(62)65-36-19-8-9-20-36)25-5-3-1-2-4-18-34-29-51(34,54-46)49(61)55-66(63,64)37-26-27-37/h4,6-7,10-18,21-24,30,34-37,43-44H,1-3,5,8-9,19-20,25-29,31H2,(H,53,62)(H,54,58)(H,55,61)/b18-4-/t34-,35?,43+,44+,51?/m1/s1. The lowest BCUT2D eigenvalue weighted by atomic mass is 9.91. The Morgan fingerprint density at radius 3 is 2.17 bits per heavy atom. The fourth-order valence-corrected chi connectivity index (χ4v) is 11.7. The zero-order chi connectivity index (χ0) is 45.6. The van der Waals surface area contributed by atoms with Crippen molar-refractivity contribution in [2.75, 3.05) is 6.54 Å². The second kappa shape index (κ2) is 17.8. The Labute approximate surface area is 383 Å². The molecule has 3 heterocycles. The normalized spacial score (nSPS) is 25.5. The summed E-state index contributed by atoms with van der Waals surface area (Å²) in [5.41, 5.74) is 0.569. The van der Waals surface area contributed by atoms with Crippen molar-refractivity contribution in [2.45, 2.75) is 118 Å². The molecule has 5 aromatic rings. The summed E-state index contributed by atoms with van der Waals surface area (Å²) in [6.45, 7) is -0.110. The van der Waals surface area contributed by atoms with Gasteiger partial charge in [0, 0.05) is 24.4 Å². The van der Waals surface area contributed by atoms with Gasteiger partial charge in [0.2, 0.25) is 21.8 Å². The molecule has 0 radical (unpaired) electrons. The molecule has 5 aliphatic rings. The minimum absolute atomic E-state index is 0.0507. The van der Waals surface area contributed by atoms with E-state index in [0.717, 1.165) is 65.6 Å². The van der Waals surface area contributed by atoms with Crippen LogP contribution in [0.5, 0.6) is 0 Å². The average molecular weight is 911 g/mol. The molecule has 15 heteroatoms. The molecule has 2 unspecified atom stereocenters. The predicted octanol–water partition coefficient (Wildman–Crippen LogP) is 7.07. The molecule has 0 bridgehead atoms. The van der Waals surface area contributed by atoms with Gasteiger partial charge in [0.05, 0.1) is 23.1 Å². The third-order valence-electron chi connectivity index (χ3n) is 14.2. The van der Waals surface area contributed by atoms with E-state index < -0.39 is 74.2 Å². The maximum atomic E-state index is 15.4. The highest BCUT2D eigenvalue weighted by atomic mass is 32.2. The third kappa shape index (κ3) is 8.49. The van der Waals surface area contributed by atoms with E-state index in [4.69, 9.17) is 9.84 Å². The number of fused-ring (bicyclic) bond motifs is 4. The van der Waals surface area contributed by atoms with Crippen molar-refractivity contribution in [3.05, 3.63) is 114 Å². The van der Waals surface area contributed by atoms with Crippen LogP contribution in [-0.2, 0) is 29.1 Å². The van der Waals surface area contributed by atoms with Crippen molar-refractivity contribution in [1.29, 1.82) is 0 Å². The Kier molecular flexibility index (Phi) is 11.7. The highest BCUT2D eigenvalue weighted by molar-refractivity contribution is 7.91. The first-order valence-corrected chi connectivity index (χ1v) is 25.0. The number of ether oxygens (including phenoxy) is 1. The topological polar surface area (TPSA) is 186 Å². The average Bonchev–Trinajstić information content (AvgIpc) is 4.19. The number of nitrogens with one attached hydrogen (secondary N) is 3. The number of hydrogen-bond donors (Lipinski definition) is 3. The Bertz CT molecular complexity index is 2930. The van der Waals surface area contributed by atoms with Crippen LogP contribution in [0.15, 0.2) is 108 Å². The van der Waals surface area contributed by atoms with Crippen LogP contribution in [0.2, 0.25) is 0 Å². The van der Waals surface area contributed by atoms with Gasteiger partial charge in [-0.15, -0.1) is 0 Å². The number of benzene rings is 4. The summed E-state index contributed by atoms with van der Waals surface area (Å²) in [6.07, 6.45) is 12.1. The molecule has 342 valence electrons. The molecule has 10 rings (SSSR count). The van der Waals surface area contributed by atoms with Gasteiger partial charge >= 0.3 is 6.09 Å². The first-order valence-electron chi connectivity index (χ1n) is 23.4. The molecular weight excluding hydrogens is 857 g/mol. The summed E-state index contributed by atoms with van der Waals surface area (Å²) in [5, 5.41) is 13.7. The van der Waals surface area contributed by atoms with E-state index in [2.05, 4.69) is 15.4 Å². The Morgan fingerprint density at radius 2 is 1.44 bits per heavy atom. The molecule has 1 aromatic heterocycles. The van der Waals surface area contributed by atoms with Crippen LogP contribution in [0.3, 0.4) is 0 Å². The molecule has 4 amide bonds. The number of allylic oxidation sites excluding steroid dienone is 1. The first kappa shape index (κ1) is 43.5. The molecule has 3 N–H and O–H groups in total. The highest BCUT2D eigenvalue weighted by Gasteiger charge is 2.62. The minimum atomic E-state index is -3.95. The predicted molar refractivity (Wildman–Crippen MR) is 250 cm³/mol. The Morgan fingerprint density at radius 1 is 0.773 bits per heavy atom. The number of amides is 4. The summed E-state index contributed by atoms with van der Waals surface area (Å²) in [4.78, 5) is 74.1. The monoisotopic (exact) mass is 910 g/mol. The summed E-state index contributed by atoms with van der Waals surface area (Å²) in [5.74, 6) is -2.48. The molecule has 4 aromatic carbocycles. The number of hydrogen-bond acceptors (Lipinski definition) is 9. The highest BCUT2D eigenvalue weighted by Crippen LogP contribution is 2.46. The summed E-state index contributed by atoms with van der Waals surface area (Å²) in [6, 6.07) is 24.5. The molecule has 4 fully saturated rings. The van der Waals surface area contributed by atoms with Crippen LogP contribution in [0.1, 0.15) is 89.5 Å². The maximum Gasteiger partial charge on any atom is 0.408 e. The molecule has 2 aliphatic heterocycles. The van der Waals surface area contributed by atoms with E-state index in [1.54, 1.807) is 6.20 Å². The molecule has 0 spiro atoms. The smallest absolute Gasteiger partial charge is 0.408 e. The van der Waals surface area contributed by atoms with Crippen LogP contribution in [0.4, 0.5) is 4.79 Å². The lowest BCUT2D eigenvalue weighted by molar-refractivity contribution is -0.141. The minimum Gasteiger partial charge on any atom is -0.446 e. The van der Waals surface area contributed by atoms with Gasteiger partial charge in [-0.1, -0.05) is 110 Å². The lowest BCUT2D eigenvalue weighted by Crippen LogP contribution is -2.58. The quantitative estimate of drug-likeness (QED) is 0.137. The Hall–Kier alpha value is -6.35. The number of nitrogens with zero attached hydrogens (tertiary/aromatic N) is 3. The van der Waals surface area contributed by atoms with Crippen molar-refractivity contribution < 1.29 is 32.3 Å². The number of rotatable bonds is 8. The SMILES string of the molecule is O=C(N[C@H]1CCCCC/C=C\[C@@H]2CC2(C(=O)NS(=O)(=O)C2CC2)NC(=O)[C@@H]2CC(n3ncc(-c4cccc5ccccc45)c(-c4cccc5ccccc45)c3=O)CN2C1=O)OC1CCCC1. The number of carbonyl (C=O) groups excluding carboxylic acids is 4. The largest absolute Gasteiger partial charge is 0.446 e. The van der Waals surface area contributed by atoms with E-state index >= 15 is 9.59 Å². The van der Waals surface area contributed by atoms with E-state index in [1.165, 1.54) is 9.58 Å². The van der Waals surface area contributed by atoms with Gasteiger partial charge < -0.3 is 20.3 Å². The number of carbonyl (C=O) groups is 4. The van der Waals surface area contributed by atoms with Crippen LogP contribution >= 0.6 is 0 Å². The summed E-state index contributed by atoms with van der Waals surface area (Å²) < 4.78 is 35.5. The molecule has 66 heavy (non-hydrogen) atoms. The number of aromatic nitrogens is 2. The van der Waals surface area contributed by atoms with Crippen molar-refractivity contribution in [1.82, 2.24) is 30.0 Å². The molecule has 3 saturated carbocycles. The van der Waals surface area contributed by atoms with Gasteiger partial charge in [0.25, 0.3) is 11.5 Å². The molecule has 14 nitrogen and oxygen atoms in total. The van der Waals surface area contributed by atoms with Crippen LogP contribution in [0, 0.1) is 5.92 Å². The molecule has 5 atom stereocenters. The van der Waals surface area contributed by atoms with Crippen molar-refractivity contribution in [2.24, 2.45) is 5.92 Å². The zero-order valence-electron chi connectivity index (χ0n) is 36.7. The van der Waals surface area contributed by atoms with Gasteiger partial charge in [-0.3, -0.25) is 23.9 Å². The van der Waals surface area contributed by atoms with Gasteiger partial charge in [-0.05, 0) is 96.9 Å². The van der Waals surface area contributed by atoms with Crippen LogP contribution in [-0.4, -0.2) is 82.4 Å². The number of alkyl carbamates (subject to hydrolysis) is 1. The fraction of sp³-hybridized carbons (Fsp3) is 0.412. The molecular formula is C51H54N6O8S. The van der Waals surface area contributed by atoms with Crippen LogP contribution in [0.25, 0.3) is 43.8 Å². The zero-order valence-corrected chi connectivity index (χ0v) is 37.5. The maximum absolute atomic E-state index is 15.4. The lowest BCUT2D eigenvalue weighted by Gasteiger charge is -2.30. The van der Waals surface area contributed by atoms with Crippen LogP contribution < -0.4 is 20.9 Å². The number of sulfonamides is 1. The molecule has 1 saturated heterocycles. The van der Waals surface area contributed by atoms with Gasteiger partial charge in [0.1, 0.15) is 23.7 Å². The second-order valence-electron chi connectivity index (χ2n) is 18.7. The van der Waals surface area contributed by atoms with Crippen molar-refractivity contribution in [3.63, 3.8) is 0 Å². The van der Waals surface area contributed by atoms with E-state index in [1.807, 2.05) is 97.1 Å². The fourth-order valence-electron chi connectivity index (χ4n) is 10.4.